The number of aromatic nitrogens is 2. The number of carbonyl (C=O) groups is 1. The molecule has 0 fully saturated rings. The molecule has 2 rings (SSSR count). The van der Waals surface area contributed by atoms with Crippen molar-refractivity contribution in [2.45, 2.75) is 6.92 Å². The van der Waals surface area contributed by atoms with E-state index in [1.54, 1.807) is 5.32 Å². The number of carbonyl (C=O) groups excluding carboxylic acids is 1. The van der Waals surface area contributed by atoms with Gasteiger partial charge >= 0.3 is 0 Å². The molecule has 2 aromatic rings. The minimum absolute atomic E-state index is 0.108. The summed E-state index contributed by atoms with van der Waals surface area (Å²) in [6.07, 6.45) is 0. The van der Waals surface area contributed by atoms with Gasteiger partial charge in [0.05, 0.1) is 10.7 Å². The van der Waals surface area contributed by atoms with Gasteiger partial charge in [0.25, 0.3) is 5.91 Å². The van der Waals surface area contributed by atoms with Crippen molar-refractivity contribution in [1.29, 1.82) is 0 Å². The lowest BCUT2D eigenvalue weighted by Gasteiger charge is -2.10. The first kappa shape index (κ1) is 16.2. The highest BCUT2D eigenvalue weighted by Crippen LogP contribution is 2.28. The summed E-state index contributed by atoms with van der Waals surface area (Å²) in [5, 5.41) is 5.31. The minimum atomic E-state index is -2.32. The molecule has 10 heteroatoms. The van der Waals surface area contributed by atoms with Crippen LogP contribution in [0.3, 0.4) is 0 Å². The van der Waals surface area contributed by atoms with Crippen LogP contribution in [0.4, 0.5) is 27.6 Å². The first-order valence-corrected chi connectivity index (χ1v) is 6.06. The van der Waals surface area contributed by atoms with Gasteiger partial charge in [0.15, 0.2) is 23.3 Å². The lowest BCUT2D eigenvalue weighted by Crippen LogP contribution is -2.20. The lowest BCUT2D eigenvalue weighted by molar-refractivity contribution is 0.101. The molecule has 4 nitrogen and oxygen atoms in total. The molecule has 1 N–H and O–H groups in total. The molecule has 118 valence electrons. The Bertz CT molecular complexity index is 761. The molecular weight excluding hydrogens is 333 g/mol. The molecule has 1 aromatic carbocycles. The number of hydrogen-bond acceptors (Lipinski definition) is 2. The first-order valence-electron chi connectivity index (χ1n) is 5.68. The van der Waals surface area contributed by atoms with Crippen LogP contribution in [0.15, 0.2) is 0 Å². The Kier molecular flexibility index (Phi) is 4.10. The van der Waals surface area contributed by atoms with E-state index in [-0.39, 0.29) is 16.4 Å². The van der Waals surface area contributed by atoms with E-state index < -0.39 is 40.7 Å². The summed E-state index contributed by atoms with van der Waals surface area (Å²) < 4.78 is 67.0. The molecule has 0 radical (unpaired) electrons. The molecule has 0 aliphatic heterocycles. The van der Waals surface area contributed by atoms with E-state index in [0.29, 0.717) is 0 Å². The van der Waals surface area contributed by atoms with Gasteiger partial charge in [-0.1, -0.05) is 11.6 Å². The quantitative estimate of drug-likeness (QED) is 0.518. The summed E-state index contributed by atoms with van der Waals surface area (Å²) in [5.74, 6) is -12.1. The van der Waals surface area contributed by atoms with Crippen LogP contribution in [-0.4, -0.2) is 15.7 Å². The topological polar surface area (TPSA) is 46.9 Å². The molecule has 22 heavy (non-hydrogen) atoms. The Morgan fingerprint density at radius 2 is 1.50 bits per heavy atom. The van der Waals surface area contributed by atoms with Crippen molar-refractivity contribution >= 4 is 23.2 Å². The minimum Gasteiger partial charge on any atom is -0.315 e. The van der Waals surface area contributed by atoms with Crippen LogP contribution in [0.25, 0.3) is 0 Å². The predicted molar refractivity (Wildman–Crippen MR) is 67.1 cm³/mol. The van der Waals surface area contributed by atoms with E-state index >= 15 is 0 Å². The maximum absolute atomic E-state index is 13.5. The van der Waals surface area contributed by atoms with Gasteiger partial charge < -0.3 is 5.32 Å². The van der Waals surface area contributed by atoms with Crippen molar-refractivity contribution in [1.82, 2.24) is 9.78 Å². The molecule has 1 amide bonds. The fourth-order valence-corrected chi connectivity index (χ4v) is 2.01. The van der Waals surface area contributed by atoms with Crippen molar-refractivity contribution in [2.24, 2.45) is 7.05 Å². The summed E-state index contributed by atoms with van der Waals surface area (Å²) in [7, 11) is 1.33. The summed E-state index contributed by atoms with van der Waals surface area (Å²) in [4.78, 5) is 12.0. The average molecular weight is 340 g/mol. The van der Waals surface area contributed by atoms with Crippen LogP contribution in [-0.2, 0) is 7.05 Å². The average Bonchev–Trinajstić information content (AvgIpc) is 2.72. The smallest absolute Gasteiger partial charge is 0.275 e. The van der Waals surface area contributed by atoms with Crippen LogP contribution in [0.2, 0.25) is 5.02 Å². The highest BCUT2D eigenvalue weighted by atomic mass is 35.5. The maximum atomic E-state index is 13.5. The number of amides is 1. The summed E-state index contributed by atoms with van der Waals surface area (Å²) in [6, 6.07) is 0. The molecule has 0 unspecified atom stereocenters. The van der Waals surface area contributed by atoms with Crippen molar-refractivity contribution in [3.63, 3.8) is 0 Å². The number of anilines is 1. The molecular formula is C12H7ClF5N3O. The molecule has 0 saturated heterocycles. The number of aryl methyl sites for hydroxylation is 2. The third-order valence-electron chi connectivity index (χ3n) is 2.81. The van der Waals surface area contributed by atoms with Crippen molar-refractivity contribution < 1.29 is 26.7 Å². The Hall–Kier alpha value is -2.16. The summed E-state index contributed by atoms with van der Waals surface area (Å²) >= 11 is 5.80. The molecule has 0 bridgehead atoms. The normalized spacial score (nSPS) is 10.9. The van der Waals surface area contributed by atoms with E-state index in [0.717, 1.165) is 4.68 Å². The van der Waals surface area contributed by atoms with Gasteiger partial charge in [0, 0.05) is 7.05 Å². The highest BCUT2D eigenvalue weighted by Gasteiger charge is 2.28. The van der Waals surface area contributed by atoms with Crippen molar-refractivity contribution in [3.8, 4) is 0 Å². The van der Waals surface area contributed by atoms with Crippen LogP contribution in [0.5, 0.6) is 0 Å². The predicted octanol–water partition coefficient (Wildman–Crippen LogP) is 3.33. The zero-order valence-electron chi connectivity index (χ0n) is 11.1. The number of nitrogens with one attached hydrogen (secondary N) is 1. The number of halogens is 6. The zero-order chi connectivity index (χ0) is 16.8. The number of nitrogens with zero attached hydrogens (tertiary/aromatic N) is 2. The van der Waals surface area contributed by atoms with Crippen molar-refractivity contribution in [3.05, 3.63) is 45.5 Å². The van der Waals surface area contributed by atoms with Crippen LogP contribution < -0.4 is 5.32 Å². The van der Waals surface area contributed by atoms with Gasteiger partial charge in [-0.2, -0.15) is 5.10 Å². The molecule has 0 aliphatic rings. The second kappa shape index (κ2) is 5.56. The molecule has 0 aliphatic carbocycles. The molecule has 1 aromatic heterocycles. The van der Waals surface area contributed by atoms with Crippen LogP contribution >= 0.6 is 11.6 Å². The molecule has 0 spiro atoms. The van der Waals surface area contributed by atoms with Gasteiger partial charge in [-0.3, -0.25) is 9.48 Å². The third kappa shape index (κ3) is 2.41. The maximum Gasteiger partial charge on any atom is 0.275 e. The number of hydrogen-bond donors (Lipinski definition) is 1. The lowest BCUT2D eigenvalue weighted by atomic mass is 10.2. The summed E-state index contributed by atoms with van der Waals surface area (Å²) in [5.41, 5.74) is -1.49. The second-order valence-corrected chi connectivity index (χ2v) is 4.65. The van der Waals surface area contributed by atoms with Gasteiger partial charge in [0.2, 0.25) is 5.82 Å². The highest BCUT2D eigenvalue weighted by molar-refractivity contribution is 6.34. The standard InChI is InChI=1S/C12H7ClF5N3O/c1-3-4(13)11(21(2)20-3)12(22)19-10-8(17)6(15)5(14)7(16)9(10)18/h1-2H3,(H,19,22). The summed E-state index contributed by atoms with van der Waals surface area (Å²) in [6.45, 7) is 1.47. The molecule has 0 atom stereocenters. The monoisotopic (exact) mass is 339 g/mol. The SMILES string of the molecule is Cc1nn(C)c(C(=O)Nc2c(F)c(F)c(F)c(F)c2F)c1Cl. The Labute approximate surface area is 125 Å². The van der Waals surface area contributed by atoms with E-state index in [1.165, 1.54) is 14.0 Å². The number of rotatable bonds is 2. The van der Waals surface area contributed by atoms with E-state index in [9.17, 15) is 26.7 Å². The third-order valence-corrected chi connectivity index (χ3v) is 3.27. The fourth-order valence-electron chi connectivity index (χ4n) is 1.77. The van der Waals surface area contributed by atoms with Crippen LogP contribution in [0, 0.1) is 36.0 Å². The zero-order valence-corrected chi connectivity index (χ0v) is 11.8. The van der Waals surface area contributed by atoms with E-state index in [2.05, 4.69) is 5.10 Å². The number of benzene rings is 1. The van der Waals surface area contributed by atoms with Gasteiger partial charge in [-0.15, -0.1) is 0 Å². The Morgan fingerprint density at radius 1 is 1.05 bits per heavy atom. The van der Waals surface area contributed by atoms with Gasteiger partial charge in [-0.25, -0.2) is 22.0 Å². The second-order valence-electron chi connectivity index (χ2n) is 4.27. The van der Waals surface area contributed by atoms with Crippen molar-refractivity contribution in [2.75, 3.05) is 5.32 Å². The molecule has 1 heterocycles. The fraction of sp³-hybridized carbons (Fsp3) is 0.167. The Morgan fingerprint density at radius 3 is 1.91 bits per heavy atom. The largest absolute Gasteiger partial charge is 0.315 e. The molecule has 0 saturated carbocycles. The van der Waals surface area contributed by atoms with Gasteiger partial charge in [0.1, 0.15) is 11.4 Å². The first-order chi connectivity index (χ1) is 10.2. The van der Waals surface area contributed by atoms with E-state index in [4.69, 9.17) is 11.6 Å². The Balaban J connectivity index is 2.50. The van der Waals surface area contributed by atoms with Gasteiger partial charge in [-0.05, 0) is 6.92 Å². The van der Waals surface area contributed by atoms with Crippen LogP contribution in [0.1, 0.15) is 16.2 Å². The van der Waals surface area contributed by atoms with E-state index in [1.807, 2.05) is 0 Å².